The lowest BCUT2D eigenvalue weighted by Crippen LogP contribution is -2.34. The minimum Gasteiger partial charge on any atom is -0.459 e. The summed E-state index contributed by atoms with van der Waals surface area (Å²) in [6.07, 6.45) is 1.73. The van der Waals surface area contributed by atoms with Crippen molar-refractivity contribution in [2.24, 2.45) is 0 Å². The molecule has 160 valence electrons. The van der Waals surface area contributed by atoms with Crippen molar-refractivity contribution < 1.29 is 38.3 Å². The lowest BCUT2D eigenvalue weighted by Gasteiger charge is -2.29. The normalized spacial score (nSPS) is 20.1. The summed E-state index contributed by atoms with van der Waals surface area (Å²) in [5, 5.41) is 11.5. The number of fused-ring (bicyclic) bond motifs is 1. The lowest BCUT2D eigenvalue weighted by molar-refractivity contribution is -0.151. The summed E-state index contributed by atoms with van der Waals surface area (Å²) in [5.74, 6) is 1.18. The zero-order chi connectivity index (χ0) is 20.5. The molecule has 0 radical (unpaired) electrons. The van der Waals surface area contributed by atoms with Crippen molar-refractivity contribution >= 4 is 5.91 Å². The molecule has 2 aliphatic heterocycles. The number of amides is 1. The number of carbonyl (C=O) groups excluding carboxylic acids is 1. The largest absolute Gasteiger partial charge is 0.459 e. The van der Waals surface area contributed by atoms with E-state index in [0.29, 0.717) is 37.7 Å². The molecule has 1 aromatic rings. The van der Waals surface area contributed by atoms with Crippen LogP contribution < -0.4 is 14.8 Å². The van der Waals surface area contributed by atoms with Crippen LogP contribution in [0.1, 0.15) is 17.9 Å². The van der Waals surface area contributed by atoms with Gasteiger partial charge in [-0.25, -0.2) is 0 Å². The van der Waals surface area contributed by atoms with Gasteiger partial charge in [0.2, 0.25) is 13.1 Å². The molecule has 29 heavy (non-hydrogen) atoms. The Labute approximate surface area is 169 Å². The summed E-state index contributed by atoms with van der Waals surface area (Å²) in [6, 6.07) is 5.72. The van der Waals surface area contributed by atoms with Crippen molar-refractivity contribution in [1.29, 1.82) is 0 Å². The molecule has 2 heterocycles. The van der Waals surface area contributed by atoms with E-state index in [1.807, 2.05) is 18.2 Å². The molecule has 1 aromatic carbocycles. The second-order valence-corrected chi connectivity index (χ2v) is 6.49. The maximum atomic E-state index is 12.5. The highest BCUT2D eigenvalue weighted by Crippen LogP contribution is 2.38. The number of rotatable bonds is 11. The Hall–Kier alpha value is -2.33. The molecular weight excluding hydrogens is 382 g/mol. The summed E-state index contributed by atoms with van der Waals surface area (Å²) in [7, 11) is 1.57. The van der Waals surface area contributed by atoms with Gasteiger partial charge in [-0.15, -0.1) is 0 Å². The maximum Gasteiger partial charge on any atom is 0.286 e. The fourth-order valence-corrected chi connectivity index (χ4v) is 3.05. The summed E-state index contributed by atoms with van der Waals surface area (Å²) < 4.78 is 32.5. The van der Waals surface area contributed by atoms with Crippen LogP contribution in [0.25, 0.3) is 0 Å². The van der Waals surface area contributed by atoms with Gasteiger partial charge >= 0.3 is 0 Å². The van der Waals surface area contributed by atoms with Crippen LogP contribution in [0.15, 0.2) is 30.0 Å². The third kappa shape index (κ3) is 6.07. The van der Waals surface area contributed by atoms with Crippen molar-refractivity contribution in [1.82, 2.24) is 5.32 Å². The van der Waals surface area contributed by atoms with Crippen molar-refractivity contribution in [2.45, 2.75) is 18.6 Å². The molecule has 1 amide bonds. The standard InChI is InChI=1S/C20H27NO8/c1-24-6-4-21-20(23)18-11-15(12-19(29-18)26-9-8-25-7-5-22)14-2-3-16-17(10-14)28-13-27-16/h2-3,10-11,15,19,22H,4-9,12-13H2,1H3,(H,21,23)/t15-,19+/m1/s1. The highest BCUT2D eigenvalue weighted by molar-refractivity contribution is 5.91. The summed E-state index contributed by atoms with van der Waals surface area (Å²) in [6.45, 7) is 1.82. The number of aliphatic hydroxyl groups excluding tert-OH is 1. The number of ether oxygens (including phenoxy) is 6. The Kier molecular flexibility index (Phi) is 8.12. The van der Waals surface area contributed by atoms with Crippen molar-refractivity contribution in [2.75, 3.05) is 53.5 Å². The Morgan fingerprint density at radius 3 is 2.90 bits per heavy atom. The van der Waals surface area contributed by atoms with Gasteiger partial charge < -0.3 is 38.8 Å². The van der Waals surface area contributed by atoms with Crippen molar-refractivity contribution in [3.05, 3.63) is 35.6 Å². The monoisotopic (exact) mass is 409 g/mol. The van der Waals surface area contributed by atoms with Crippen molar-refractivity contribution in [3.8, 4) is 11.5 Å². The van der Waals surface area contributed by atoms with Crippen LogP contribution in [-0.2, 0) is 23.7 Å². The number of hydrogen-bond donors (Lipinski definition) is 2. The first kappa shape index (κ1) is 21.4. The quantitative estimate of drug-likeness (QED) is 0.520. The second kappa shape index (κ2) is 11.0. The first-order valence-corrected chi connectivity index (χ1v) is 9.56. The van der Waals surface area contributed by atoms with Gasteiger partial charge in [-0.3, -0.25) is 4.79 Å². The number of aliphatic hydroxyl groups is 1. The fraction of sp³-hybridized carbons (Fsp3) is 0.550. The Morgan fingerprint density at radius 1 is 1.21 bits per heavy atom. The molecule has 0 aliphatic carbocycles. The predicted molar refractivity (Wildman–Crippen MR) is 102 cm³/mol. The Bertz CT molecular complexity index is 708. The molecule has 3 rings (SSSR count). The zero-order valence-electron chi connectivity index (χ0n) is 16.4. The van der Waals surface area contributed by atoms with Crippen LogP contribution >= 0.6 is 0 Å². The molecular formula is C20H27NO8. The number of hydrogen-bond acceptors (Lipinski definition) is 8. The van der Waals surface area contributed by atoms with Crippen LogP contribution in [0.2, 0.25) is 0 Å². The number of nitrogens with one attached hydrogen (secondary N) is 1. The molecule has 0 saturated carbocycles. The van der Waals surface area contributed by atoms with E-state index in [-0.39, 0.29) is 44.2 Å². The van der Waals surface area contributed by atoms with Gasteiger partial charge in [0, 0.05) is 26.0 Å². The first-order chi connectivity index (χ1) is 14.2. The van der Waals surface area contributed by atoms with Gasteiger partial charge in [-0.1, -0.05) is 6.07 Å². The van der Waals surface area contributed by atoms with Crippen LogP contribution in [-0.4, -0.2) is 70.8 Å². The average Bonchev–Trinajstić information content (AvgIpc) is 3.21. The van der Waals surface area contributed by atoms with Gasteiger partial charge in [-0.2, -0.15) is 0 Å². The van der Waals surface area contributed by atoms with Gasteiger partial charge in [0.05, 0.1) is 33.0 Å². The maximum absolute atomic E-state index is 12.5. The lowest BCUT2D eigenvalue weighted by atomic mass is 9.92. The molecule has 2 N–H and O–H groups in total. The average molecular weight is 409 g/mol. The van der Waals surface area contributed by atoms with Crippen LogP contribution in [0.5, 0.6) is 11.5 Å². The Morgan fingerprint density at radius 2 is 2.07 bits per heavy atom. The van der Waals surface area contributed by atoms with E-state index in [1.165, 1.54) is 0 Å². The van der Waals surface area contributed by atoms with Crippen LogP contribution in [0, 0.1) is 0 Å². The third-order valence-corrected chi connectivity index (χ3v) is 4.46. The van der Waals surface area contributed by atoms with E-state index in [4.69, 9.17) is 33.5 Å². The zero-order valence-corrected chi connectivity index (χ0v) is 16.4. The van der Waals surface area contributed by atoms with E-state index in [9.17, 15) is 4.79 Å². The van der Waals surface area contributed by atoms with Crippen LogP contribution in [0.4, 0.5) is 0 Å². The molecule has 0 unspecified atom stereocenters. The molecule has 0 fully saturated rings. The van der Waals surface area contributed by atoms with Crippen molar-refractivity contribution in [3.63, 3.8) is 0 Å². The number of methoxy groups -OCH3 is 1. The van der Waals surface area contributed by atoms with Gasteiger partial charge in [-0.05, 0) is 23.8 Å². The topological polar surface area (TPSA) is 105 Å². The summed E-state index contributed by atoms with van der Waals surface area (Å²) in [5.41, 5.74) is 0.977. The van der Waals surface area contributed by atoms with Gasteiger partial charge in [0.1, 0.15) is 0 Å². The molecule has 9 heteroatoms. The SMILES string of the molecule is COCCNC(=O)C1=C[C@@H](c2ccc3c(c2)OCO3)C[C@@H](OCCOCCO)O1. The number of allylic oxidation sites excluding steroid dienone is 1. The number of benzene rings is 1. The number of carbonyl (C=O) groups is 1. The molecule has 0 aromatic heterocycles. The molecule has 2 aliphatic rings. The van der Waals surface area contributed by atoms with E-state index in [2.05, 4.69) is 5.32 Å². The molecule has 2 atom stereocenters. The molecule has 0 bridgehead atoms. The molecule has 9 nitrogen and oxygen atoms in total. The minimum atomic E-state index is -0.601. The van der Waals surface area contributed by atoms with E-state index < -0.39 is 6.29 Å². The fourth-order valence-electron chi connectivity index (χ4n) is 3.05. The molecule has 0 saturated heterocycles. The summed E-state index contributed by atoms with van der Waals surface area (Å²) >= 11 is 0. The molecule has 0 spiro atoms. The van der Waals surface area contributed by atoms with E-state index in [1.54, 1.807) is 13.2 Å². The van der Waals surface area contributed by atoms with Gasteiger partial charge in [0.25, 0.3) is 5.91 Å². The van der Waals surface area contributed by atoms with Crippen LogP contribution in [0.3, 0.4) is 0 Å². The smallest absolute Gasteiger partial charge is 0.286 e. The second-order valence-electron chi connectivity index (χ2n) is 6.49. The predicted octanol–water partition coefficient (Wildman–Crippen LogP) is 0.917. The Balaban J connectivity index is 1.68. The summed E-state index contributed by atoms with van der Waals surface area (Å²) in [4.78, 5) is 12.5. The highest BCUT2D eigenvalue weighted by Gasteiger charge is 2.29. The minimum absolute atomic E-state index is 0.0410. The first-order valence-electron chi connectivity index (χ1n) is 9.56. The third-order valence-electron chi connectivity index (χ3n) is 4.46. The highest BCUT2D eigenvalue weighted by atomic mass is 16.7. The van der Waals surface area contributed by atoms with E-state index >= 15 is 0 Å². The van der Waals surface area contributed by atoms with E-state index in [0.717, 1.165) is 5.56 Å². The van der Waals surface area contributed by atoms with Gasteiger partial charge in [0.15, 0.2) is 17.3 Å².